The molecule has 1 saturated heterocycles. The Bertz CT molecular complexity index is 1540. The number of nitrogens with zero attached hydrogens (tertiary/aromatic N) is 1. The maximum Gasteiger partial charge on any atom is 0.251 e. The van der Waals surface area contributed by atoms with Crippen molar-refractivity contribution in [3.63, 3.8) is 0 Å². The zero-order valence-electron chi connectivity index (χ0n) is 17.9. The summed E-state index contributed by atoms with van der Waals surface area (Å²) in [6, 6.07) is 24.5. The molecule has 0 bridgehead atoms. The summed E-state index contributed by atoms with van der Waals surface area (Å²) in [6.45, 7) is 1.16. The molecule has 1 fully saturated rings. The van der Waals surface area contributed by atoms with Crippen molar-refractivity contribution in [1.29, 1.82) is 0 Å². The lowest BCUT2D eigenvalue weighted by atomic mass is 10.0. The van der Waals surface area contributed by atoms with Gasteiger partial charge in [-0.2, -0.15) is 4.31 Å². The van der Waals surface area contributed by atoms with Crippen LogP contribution in [0, 0.1) is 11.8 Å². The second-order valence-electron chi connectivity index (χ2n) is 8.11. The van der Waals surface area contributed by atoms with E-state index in [0.29, 0.717) is 31.5 Å². The molecule has 0 amide bonds. The van der Waals surface area contributed by atoms with E-state index in [4.69, 9.17) is 0 Å². The molecular formula is C27H22N2O3S. The minimum atomic E-state index is -3.37. The summed E-state index contributed by atoms with van der Waals surface area (Å²) in [5, 5.41) is 0.914. The number of nitrogens with one attached hydrogen (secondary N) is 1. The number of fused-ring (bicyclic) bond motifs is 1. The number of benzene rings is 3. The molecule has 0 aliphatic carbocycles. The summed E-state index contributed by atoms with van der Waals surface area (Å²) in [7, 11) is -3.37. The van der Waals surface area contributed by atoms with Gasteiger partial charge >= 0.3 is 0 Å². The van der Waals surface area contributed by atoms with E-state index in [9.17, 15) is 13.2 Å². The van der Waals surface area contributed by atoms with Crippen molar-refractivity contribution in [3.8, 4) is 11.8 Å². The van der Waals surface area contributed by atoms with Crippen LogP contribution in [0.15, 0.2) is 88.6 Å². The van der Waals surface area contributed by atoms with E-state index < -0.39 is 10.0 Å². The predicted octanol–water partition coefficient (Wildman–Crippen LogP) is 3.72. The molecule has 0 atom stereocenters. The number of H-pyrrole nitrogens is 1. The molecule has 1 N–H and O–H groups in total. The predicted molar refractivity (Wildman–Crippen MR) is 130 cm³/mol. The summed E-state index contributed by atoms with van der Waals surface area (Å²) in [5.74, 6) is 6.40. The second-order valence-corrected chi connectivity index (χ2v) is 10.1. The van der Waals surface area contributed by atoms with Crippen LogP contribution < -0.4 is 5.56 Å². The highest BCUT2D eigenvalue weighted by Gasteiger charge is 2.32. The zero-order chi connectivity index (χ0) is 22.8. The quantitative estimate of drug-likeness (QED) is 0.369. The Labute approximate surface area is 192 Å². The SMILES string of the molecule is O=c1[nH]c2ccc(C#CCc3ccccc3)cc2cc1Cc1ccc(S(=O)(=O)N2CC2)cc1. The molecule has 1 aromatic heterocycles. The Hall–Kier alpha value is -3.66. The monoisotopic (exact) mass is 454 g/mol. The first kappa shape index (κ1) is 21.2. The average Bonchev–Trinajstić information content (AvgIpc) is 3.67. The van der Waals surface area contributed by atoms with Crippen molar-refractivity contribution in [2.75, 3.05) is 13.1 Å². The van der Waals surface area contributed by atoms with Crippen LogP contribution in [0.5, 0.6) is 0 Å². The van der Waals surface area contributed by atoms with Crippen LogP contribution in [-0.4, -0.2) is 30.8 Å². The van der Waals surface area contributed by atoms with Crippen LogP contribution in [0.4, 0.5) is 0 Å². The molecule has 1 aliphatic rings. The Morgan fingerprint density at radius 3 is 2.36 bits per heavy atom. The van der Waals surface area contributed by atoms with Crippen molar-refractivity contribution in [2.24, 2.45) is 0 Å². The molecule has 5 nitrogen and oxygen atoms in total. The highest BCUT2D eigenvalue weighted by molar-refractivity contribution is 7.89. The van der Waals surface area contributed by atoms with Crippen LogP contribution >= 0.6 is 0 Å². The first-order valence-electron chi connectivity index (χ1n) is 10.8. The molecule has 0 spiro atoms. The summed E-state index contributed by atoms with van der Waals surface area (Å²) < 4.78 is 26.1. The molecule has 0 unspecified atom stereocenters. The van der Waals surface area contributed by atoms with Crippen molar-refractivity contribution in [2.45, 2.75) is 17.7 Å². The van der Waals surface area contributed by atoms with Crippen LogP contribution in [-0.2, 0) is 22.9 Å². The van der Waals surface area contributed by atoms with Gasteiger partial charge in [0.15, 0.2) is 0 Å². The zero-order valence-corrected chi connectivity index (χ0v) is 18.7. The van der Waals surface area contributed by atoms with Crippen LogP contribution in [0.3, 0.4) is 0 Å². The number of hydrogen-bond acceptors (Lipinski definition) is 3. The number of sulfonamides is 1. The molecule has 0 radical (unpaired) electrons. The third-order valence-electron chi connectivity index (χ3n) is 5.65. The highest BCUT2D eigenvalue weighted by atomic mass is 32.2. The summed E-state index contributed by atoms with van der Waals surface area (Å²) in [6.07, 6.45) is 1.10. The summed E-state index contributed by atoms with van der Waals surface area (Å²) >= 11 is 0. The van der Waals surface area contributed by atoms with E-state index in [1.54, 1.807) is 24.3 Å². The number of rotatable bonds is 5. The summed E-state index contributed by atoms with van der Waals surface area (Å²) in [4.78, 5) is 15.8. The fourth-order valence-electron chi connectivity index (χ4n) is 3.73. The molecule has 164 valence electrons. The molecule has 33 heavy (non-hydrogen) atoms. The Morgan fingerprint density at radius 1 is 0.879 bits per heavy atom. The minimum Gasteiger partial charge on any atom is -0.322 e. The fourth-order valence-corrected chi connectivity index (χ4v) is 5.08. The maximum atomic E-state index is 12.6. The van der Waals surface area contributed by atoms with Gasteiger partial charge < -0.3 is 4.98 Å². The maximum absolute atomic E-state index is 12.6. The van der Waals surface area contributed by atoms with Crippen molar-refractivity contribution in [1.82, 2.24) is 9.29 Å². The third-order valence-corrected chi connectivity index (χ3v) is 7.56. The van der Waals surface area contributed by atoms with Crippen LogP contribution in [0.2, 0.25) is 0 Å². The van der Waals surface area contributed by atoms with Gasteiger partial charge in [0.2, 0.25) is 10.0 Å². The van der Waals surface area contributed by atoms with Gasteiger partial charge in [-0.1, -0.05) is 54.3 Å². The van der Waals surface area contributed by atoms with Crippen molar-refractivity contribution < 1.29 is 8.42 Å². The molecule has 5 rings (SSSR count). The van der Waals surface area contributed by atoms with Gasteiger partial charge in [0, 0.05) is 42.6 Å². The topological polar surface area (TPSA) is 70.0 Å². The third kappa shape index (κ3) is 4.75. The molecule has 4 aromatic rings. The molecule has 0 saturated carbocycles. The van der Waals surface area contributed by atoms with E-state index in [2.05, 4.69) is 29.0 Å². The van der Waals surface area contributed by atoms with Gasteiger partial charge in [0.25, 0.3) is 5.56 Å². The van der Waals surface area contributed by atoms with E-state index in [0.717, 1.165) is 22.0 Å². The van der Waals surface area contributed by atoms with Crippen LogP contribution in [0.1, 0.15) is 22.3 Å². The molecule has 6 heteroatoms. The lowest BCUT2D eigenvalue weighted by Gasteiger charge is -2.07. The van der Waals surface area contributed by atoms with E-state index in [-0.39, 0.29) is 10.5 Å². The standard InChI is InChI=1S/C27H22N2O3S/c30-27-24(18-22-9-12-25(13-10-22)33(31,32)29-15-16-29)19-23-17-21(11-14-26(23)28-27)8-4-7-20-5-2-1-3-6-20/h1-3,5-6,9-14,17,19H,7,15-16,18H2,(H,28,30). The lowest BCUT2D eigenvalue weighted by molar-refractivity contribution is 0.563. The second kappa shape index (κ2) is 8.70. The molecule has 2 heterocycles. The van der Waals surface area contributed by atoms with Crippen molar-refractivity contribution >= 4 is 20.9 Å². The van der Waals surface area contributed by atoms with Gasteiger partial charge in [0.1, 0.15) is 0 Å². The number of pyridine rings is 1. The average molecular weight is 455 g/mol. The van der Waals surface area contributed by atoms with E-state index in [1.807, 2.05) is 42.5 Å². The minimum absolute atomic E-state index is 0.147. The van der Waals surface area contributed by atoms with Crippen molar-refractivity contribution in [3.05, 3.63) is 111 Å². The summed E-state index contributed by atoms with van der Waals surface area (Å²) in [5.41, 5.74) is 4.18. The van der Waals surface area contributed by atoms with Gasteiger partial charge in [-0.25, -0.2) is 8.42 Å². The van der Waals surface area contributed by atoms with E-state index >= 15 is 0 Å². The highest BCUT2D eigenvalue weighted by Crippen LogP contribution is 2.22. The van der Waals surface area contributed by atoms with Gasteiger partial charge in [0.05, 0.1) is 4.90 Å². The van der Waals surface area contributed by atoms with E-state index in [1.165, 1.54) is 9.87 Å². The van der Waals surface area contributed by atoms with Gasteiger partial charge in [-0.3, -0.25) is 4.79 Å². The Morgan fingerprint density at radius 2 is 1.64 bits per heavy atom. The van der Waals surface area contributed by atoms with Crippen LogP contribution in [0.25, 0.3) is 10.9 Å². The lowest BCUT2D eigenvalue weighted by Crippen LogP contribution is -2.13. The molecule has 3 aromatic carbocycles. The smallest absolute Gasteiger partial charge is 0.251 e. The van der Waals surface area contributed by atoms with Gasteiger partial charge in [-0.15, -0.1) is 0 Å². The molecule has 1 aliphatic heterocycles. The normalized spacial score (nSPS) is 13.5. The number of aromatic nitrogens is 1. The largest absolute Gasteiger partial charge is 0.322 e. The Kier molecular flexibility index (Phi) is 5.59. The molecular weight excluding hydrogens is 432 g/mol. The number of aromatic amines is 1. The first-order valence-corrected chi connectivity index (χ1v) is 12.2. The Balaban J connectivity index is 1.37. The number of hydrogen-bond donors (Lipinski definition) is 1. The van der Waals surface area contributed by atoms with Gasteiger partial charge in [-0.05, 0) is 52.9 Å². The first-order chi connectivity index (χ1) is 16.0. The fraction of sp³-hybridized carbons (Fsp3) is 0.148.